The molecule has 0 bridgehead atoms. The quantitative estimate of drug-likeness (QED) is 0.0243. The van der Waals surface area contributed by atoms with Gasteiger partial charge in [0.1, 0.15) is 67.1 Å². The minimum absolute atomic E-state index is 0.224. The number of unbranched alkanes of at least 4 members (excludes halogenated alkanes) is 28. The number of hydrogen-bond acceptors (Lipinski definition) is 20. The van der Waals surface area contributed by atoms with E-state index in [-0.39, 0.29) is 18.9 Å². The summed E-state index contributed by atoms with van der Waals surface area (Å²) in [4.78, 5) is 38.6. The lowest BCUT2D eigenvalue weighted by Gasteiger charge is -2.50. The average Bonchev–Trinajstić information content (AvgIpc) is 0.823. The molecule has 0 aromatic heterocycles. The number of allylic oxidation sites excluding steroid dienone is 4. The maximum atomic E-state index is 13.5. The van der Waals surface area contributed by atoms with E-state index in [4.69, 9.17) is 28.4 Å². The molecule has 0 radical (unpaired) electrons. The summed E-state index contributed by atoms with van der Waals surface area (Å²) in [5, 5.41) is 136. The lowest BCUT2D eigenvalue weighted by molar-refractivity contribution is -0.386. The first-order chi connectivity index (χ1) is 43.4. The number of amides is 2. The van der Waals surface area contributed by atoms with E-state index in [1.54, 1.807) is 0 Å². The minimum atomic E-state index is -3.08. The van der Waals surface area contributed by atoms with Crippen molar-refractivity contribution in [2.24, 2.45) is 0 Å². The second-order valence-electron chi connectivity index (χ2n) is 25.4. The van der Waals surface area contributed by atoms with Gasteiger partial charge in [-0.25, -0.2) is 4.79 Å². The van der Waals surface area contributed by atoms with Crippen molar-refractivity contribution >= 4 is 17.8 Å². The van der Waals surface area contributed by atoms with E-state index < -0.39 is 148 Å². The van der Waals surface area contributed by atoms with Gasteiger partial charge >= 0.3 is 5.97 Å². The normalized spacial score (nSPS) is 28.7. The summed E-state index contributed by atoms with van der Waals surface area (Å²) >= 11 is 0. The van der Waals surface area contributed by atoms with Crippen molar-refractivity contribution in [2.75, 3.05) is 26.4 Å². The number of hydrogen-bond donors (Lipinski definition) is 14. The number of carboxylic acid groups (broad SMARTS) is 1. The van der Waals surface area contributed by atoms with Crippen LogP contribution in [0.25, 0.3) is 0 Å². The van der Waals surface area contributed by atoms with E-state index in [1.807, 2.05) is 0 Å². The number of aliphatic carboxylic acids is 1. The monoisotopic (exact) mass is 1290 g/mol. The topological polar surface area (TPSA) is 373 Å². The molecule has 3 saturated heterocycles. The number of aliphatic hydroxyl groups is 11. The molecular formula is C67H122N2O21. The molecule has 3 fully saturated rings. The first-order valence-electron chi connectivity index (χ1n) is 34.7. The zero-order valence-corrected chi connectivity index (χ0v) is 54.7. The van der Waals surface area contributed by atoms with E-state index >= 15 is 0 Å². The third-order valence-electron chi connectivity index (χ3n) is 17.7. The van der Waals surface area contributed by atoms with Gasteiger partial charge in [0, 0.05) is 19.8 Å². The van der Waals surface area contributed by atoms with Crippen LogP contribution in [0.3, 0.4) is 0 Å². The Morgan fingerprint density at radius 2 is 1.10 bits per heavy atom. The maximum absolute atomic E-state index is 13.5. The number of aliphatic hydroxyl groups excluding tert-OH is 11. The highest BCUT2D eigenvalue weighted by molar-refractivity contribution is 5.77. The van der Waals surface area contributed by atoms with Gasteiger partial charge in [0.15, 0.2) is 12.6 Å². The van der Waals surface area contributed by atoms with Crippen LogP contribution in [0.4, 0.5) is 0 Å². The van der Waals surface area contributed by atoms with Gasteiger partial charge in [0.2, 0.25) is 11.8 Å². The Balaban J connectivity index is 1.58. The van der Waals surface area contributed by atoms with Gasteiger partial charge < -0.3 is 100 Å². The summed E-state index contributed by atoms with van der Waals surface area (Å²) in [6, 6.07) is -2.53. The molecule has 3 heterocycles. The predicted molar refractivity (Wildman–Crippen MR) is 338 cm³/mol. The summed E-state index contributed by atoms with van der Waals surface area (Å²) in [5.41, 5.74) is 0. The van der Waals surface area contributed by atoms with Gasteiger partial charge in [-0.1, -0.05) is 212 Å². The first kappa shape index (κ1) is 81.4. The molecule has 3 aliphatic rings. The number of ether oxygens (including phenoxy) is 6. The Labute approximate surface area is 536 Å². The highest BCUT2D eigenvalue weighted by Gasteiger charge is 2.60. The second-order valence-corrected chi connectivity index (χ2v) is 25.4. The van der Waals surface area contributed by atoms with Crippen LogP contribution >= 0.6 is 0 Å². The Hall–Kier alpha value is -2.79. The van der Waals surface area contributed by atoms with Gasteiger partial charge in [-0.05, 0) is 38.5 Å². The van der Waals surface area contributed by atoms with Crippen molar-refractivity contribution in [2.45, 2.75) is 355 Å². The van der Waals surface area contributed by atoms with Crippen molar-refractivity contribution in [1.29, 1.82) is 0 Å². The molecule has 0 aliphatic carbocycles. The lowest BCUT2D eigenvalue weighted by atomic mass is 9.88. The zero-order chi connectivity index (χ0) is 66.1. The molecule has 3 aliphatic heterocycles. The number of carboxylic acids is 1. The van der Waals surface area contributed by atoms with Gasteiger partial charge in [0.05, 0.1) is 50.7 Å². The third kappa shape index (κ3) is 30.3. The molecule has 0 spiro atoms. The minimum Gasteiger partial charge on any atom is -0.477 e. The molecule has 18 atom stereocenters. The van der Waals surface area contributed by atoms with Crippen molar-refractivity contribution in [3.63, 3.8) is 0 Å². The van der Waals surface area contributed by atoms with Gasteiger partial charge in [0.25, 0.3) is 5.79 Å². The predicted octanol–water partition coefficient (Wildman–Crippen LogP) is 6.06. The molecule has 23 heteroatoms. The van der Waals surface area contributed by atoms with E-state index in [0.717, 1.165) is 71.1 Å². The number of nitrogens with one attached hydrogen (secondary N) is 2. The molecule has 0 saturated carbocycles. The molecule has 2 amide bonds. The van der Waals surface area contributed by atoms with E-state index in [2.05, 4.69) is 48.8 Å². The Morgan fingerprint density at radius 3 is 1.61 bits per heavy atom. The van der Waals surface area contributed by atoms with Gasteiger partial charge in [-0.2, -0.15) is 0 Å². The fraction of sp³-hybridized carbons (Fsp3) is 0.896. The first-order valence-corrected chi connectivity index (χ1v) is 34.7. The van der Waals surface area contributed by atoms with E-state index in [1.165, 1.54) is 128 Å². The van der Waals surface area contributed by atoms with Crippen molar-refractivity contribution in [1.82, 2.24) is 10.6 Å². The van der Waals surface area contributed by atoms with E-state index in [0.29, 0.717) is 19.3 Å². The largest absolute Gasteiger partial charge is 0.477 e. The molecule has 90 heavy (non-hydrogen) atoms. The smallest absolute Gasteiger partial charge is 0.364 e. The third-order valence-corrected chi connectivity index (χ3v) is 17.7. The fourth-order valence-corrected chi connectivity index (χ4v) is 12.2. The number of carbonyl (C=O) groups is 3. The summed E-state index contributed by atoms with van der Waals surface area (Å²) in [5.74, 6) is -6.10. The van der Waals surface area contributed by atoms with Crippen LogP contribution in [0.15, 0.2) is 24.3 Å². The summed E-state index contributed by atoms with van der Waals surface area (Å²) in [6.45, 7) is 2.10. The SMILES string of the molecule is CC/C=C\C/C=C\CCCCCCCCCCCCCCCCC(=O)NC(COC1OC(CO)C(OC2OC(CO)C(O)C(OC3(C(=O)O)CC(O)C(NC(C)=O)C(C(O)C(O)CO)O3)C2O)C(O)C1O)C(O)CCCCCCCCCCCCCCCCC. The van der Waals surface area contributed by atoms with Crippen LogP contribution in [-0.2, 0) is 42.8 Å². The molecule has 23 nitrogen and oxygen atoms in total. The average molecular weight is 1290 g/mol. The van der Waals surface area contributed by atoms with Crippen LogP contribution in [0, 0.1) is 0 Å². The van der Waals surface area contributed by atoms with Crippen molar-refractivity contribution in [3.05, 3.63) is 24.3 Å². The van der Waals surface area contributed by atoms with Crippen LogP contribution in [0.2, 0.25) is 0 Å². The highest BCUT2D eigenvalue weighted by atomic mass is 16.8. The molecule has 0 aromatic carbocycles. The molecule has 3 rings (SSSR count). The summed E-state index contributed by atoms with van der Waals surface area (Å²) in [7, 11) is 0. The van der Waals surface area contributed by atoms with Gasteiger partial charge in [-0.15, -0.1) is 0 Å². The van der Waals surface area contributed by atoms with E-state index in [9.17, 15) is 75.7 Å². The maximum Gasteiger partial charge on any atom is 0.364 e. The number of rotatable bonds is 52. The highest BCUT2D eigenvalue weighted by Crippen LogP contribution is 2.39. The molecule has 18 unspecified atom stereocenters. The zero-order valence-electron chi connectivity index (χ0n) is 54.7. The standard InChI is InChI=1S/C67H122N2O21/c1-4-6-8-10-12-14-16-18-20-21-22-23-24-25-27-29-31-33-35-37-39-41-54(77)69-48(49(74)40-38-36-34-32-30-28-26-19-17-15-13-11-9-7-5-2)46-85-64-59(81)58(80)61(53(45-72)87-64)88-65-60(82)63(57(79)52(44-71)86-65)90-67(66(83)84)42-50(75)55(68-47(3)73)62(89-67)56(78)51(76)43-70/h6,8,12,14,48-53,55-65,70-72,74-76,78-82H,4-5,7,9-11,13,15-46H2,1-3H3,(H,68,73)(H,69,77)(H,83,84)/b8-6-,14-12-. The summed E-state index contributed by atoms with van der Waals surface area (Å²) < 4.78 is 34.8. The molecule has 0 aromatic rings. The fourth-order valence-electron chi connectivity index (χ4n) is 12.2. The Bertz CT molecular complexity index is 1920. The Morgan fingerprint density at radius 1 is 0.589 bits per heavy atom. The second kappa shape index (κ2) is 48.0. The Kier molecular flexibility index (Phi) is 43.4. The molecule has 526 valence electrons. The van der Waals surface area contributed by atoms with Crippen LogP contribution in [0.1, 0.15) is 245 Å². The lowest BCUT2D eigenvalue weighted by Crippen LogP contribution is -2.70. The molecular weight excluding hydrogens is 1170 g/mol. The van der Waals surface area contributed by atoms with Crippen molar-refractivity contribution < 1.29 is 104 Å². The van der Waals surface area contributed by atoms with Crippen LogP contribution in [-0.4, -0.2) is 215 Å². The van der Waals surface area contributed by atoms with Crippen molar-refractivity contribution in [3.8, 4) is 0 Å². The van der Waals surface area contributed by atoms with Crippen LogP contribution in [0.5, 0.6) is 0 Å². The van der Waals surface area contributed by atoms with Crippen LogP contribution < -0.4 is 10.6 Å². The van der Waals surface area contributed by atoms with Gasteiger partial charge in [-0.3, -0.25) is 9.59 Å². The molecule has 14 N–H and O–H groups in total. The summed E-state index contributed by atoms with van der Waals surface area (Å²) in [6.07, 6.45) is 17.5. The number of carbonyl (C=O) groups excluding carboxylic acids is 2.